The Balaban J connectivity index is 1.56. The number of carbonyl (C=O) groups is 3. The van der Waals surface area contributed by atoms with Crippen molar-refractivity contribution in [2.24, 2.45) is 11.8 Å². The quantitative estimate of drug-likeness (QED) is 0.604. The van der Waals surface area contributed by atoms with Gasteiger partial charge in [0.2, 0.25) is 17.7 Å². The lowest BCUT2D eigenvalue weighted by molar-refractivity contribution is -0.135. The van der Waals surface area contributed by atoms with E-state index >= 15 is 0 Å². The van der Waals surface area contributed by atoms with Gasteiger partial charge < -0.3 is 5.32 Å². The minimum absolute atomic E-state index is 0.130. The Kier molecular flexibility index (Phi) is 4.02. The van der Waals surface area contributed by atoms with Gasteiger partial charge in [0.25, 0.3) is 0 Å². The zero-order chi connectivity index (χ0) is 21.7. The number of carbonyl (C=O) groups excluding carboxylic acids is 3. The monoisotopic (exact) mass is 499 g/mol. The Morgan fingerprint density at radius 1 is 1.10 bits per heavy atom. The summed E-state index contributed by atoms with van der Waals surface area (Å²) in [6, 6.07) is 10.6. The molecule has 3 amide bonds. The van der Waals surface area contributed by atoms with E-state index in [4.69, 9.17) is 11.6 Å². The molecule has 3 fully saturated rings. The van der Waals surface area contributed by atoms with Gasteiger partial charge in [-0.1, -0.05) is 33.6 Å². The summed E-state index contributed by atoms with van der Waals surface area (Å²) in [6.45, 7) is 2.55. The van der Waals surface area contributed by atoms with Crippen molar-refractivity contribution in [3.05, 3.63) is 57.0 Å². The van der Waals surface area contributed by atoms with Crippen molar-refractivity contribution in [1.82, 2.24) is 4.90 Å². The molecule has 158 valence electrons. The fraction of sp³-hybridized carbons (Fsp3) is 0.348. The van der Waals surface area contributed by atoms with Crippen LogP contribution in [0.3, 0.4) is 0 Å². The van der Waals surface area contributed by atoms with Crippen LogP contribution in [0.25, 0.3) is 0 Å². The molecule has 6 nitrogen and oxygen atoms in total. The van der Waals surface area contributed by atoms with Crippen molar-refractivity contribution in [2.75, 3.05) is 16.8 Å². The lowest BCUT2D eigenvalue weighted by Crippen LogP contribution is -2.54. The van der Waals surface area contributed by atoms with Crippen LogP contribution < -0.4 is 10.2 Å². The summed E-state index contributed by atoms with van der Waals surface area (Å²) in [7, 11) is 0. The predicted molar refractivity (Wildman–Crippen MR) is 120 cm³/mol. The highest BCUT2D eigenvalue weighted by Gasteiger charge is 2.74. The molecular weight excluding hydrogens is 482 g/mol. The third-order valence-electron chi connectivity index (χ3n) is 7.45. The second-order valence-corrected chi connectivity index (χ2v) is 10.0. The molecule has 3 saturated heterocycles. The van der Waals surface area contributed by atoms with Crippen molar-refractivity contribution in [3.63, 3.8) is 0 Å². The highest BCUT2D eigenvalue weighted by Crippen LogP contribution is 2.61. The molecule has 0 bridgehead atoms. The van der Waals surface area contributed by atoms with Crippen molar-refractivity contribution in [1.29, 1.82) is 0 Å². The summed E-state index contributed by atoms with van der Waals surface area (Å²) in [4.78, 5) is 44.5. The largest absolute Gasteiger partial charge is 0.324 e. The highest BCUT2D eigenvalue weighted by atomic mass is 79.9. The van der Waals surface area contributed by atoms with Crippen LogP contribution in [-0.4, -0.2) is 35.2 Å². The summed E-state index contributed by atoms with van der Waals surface area (Å²) < 4.78 is 0.866. The number of halogens is 2. The first-order chi connectivity index (χ1) is 14.9. The highest BCUT2D eigenvalue weighted by molar-refractivity contribution is 9.10. The van der Waals surface area contributed by atoms with Crippen LogP contribution in [0, 0.1) is 18.8 Å². The topological polar surface area (TPSA) is 69.7 Å². The molecule has 2 aromatic carbocycles. The number of imide groups is 1. The van der Waals surface area contributed by atoms with Gasteiger partial charge in [0.05, 0.1) is 23.2 Å². The third-order valence-corrected chi connectivity index (χ3v) is 8.39. The molecule has 8 heteroatoms. The Morgan fingerprint density at radius 3 is 2.58 bits per heavy atom. The van der Waals surface area contributed by atoms with E-state index in [-0.39, 0.29) is 23.8 Å². The van der Waals surface area contributed by atoms with E-state index in [0.29, 0.717) is 22.9 Å². The van der Waals surface area contributed by atoms with Gasteiger partial charge in [-0.2, -0.15) is 0 Å². The summed E-state index contributed by atoms with van der Waals surface area (Å²) in [5.74, 6) is -2.03. The van der Waals surface area contributed by atoms with Crippen molar-refractivity contribution < 1.29 is 14.4 Å². The molecule has 4 heterocycles. The molecule has 1 N–H and O–H groups in total. The zero-order valence-corrected chi connectivity index (χ0v) is 19.0. The second-order valence-electron chi connectivity index (χ2n) is 8.71. The van der Waals surface area contributed by atoms with E-state index in [1.807, 2.05) is 25.1 Å². The van der Waals surface area contributed by atoms with E-state index in [2.05, 4.69) is 26.1 Å². The first-order valence-corrected chi connectivity index (χ1v) is 11.6. The minimum Gasteiger partial charge on any atom is -0.324 e. The van der Waals surface area contributed by atoms with E-state index < -0.39 is 17.4 Å². The van der Waals surface area contributed by atoms with Crippen molar-refractivity contribution in [3.8, 4) is 0 Å². The van der Waals surface area contributed by atoms with Crippen LogP contribution in [-0.2, 0) is 19.9 Å². The van der Waals surface area contributed by atoms with Gasteiger partial charge in [-0.15, -0.1) is 0 Å². The first kappa shape index (κ1) is 19.5. The molecule has 0 radical (unpaired) electrons. The molecule has 4 aliphatic rings. The molecular formula is C23H19BrClN3O3. The lowest BCUT2D eigenvalue weighted by Gasteiger charge is -2.36. The molecule has 6 rings (SSSR count). The number of nitrogens with zero attached hydrogens (tertiary/aromatic N) is 2. The normalized spacial score (nSPS) is 31.4. The molecule has 31 heavy (non-hydrogen) atoms. The van der Waals surface area contributed by atoms with Crippen LogP contribution in [0.1, 0.15) is 24.0 Å². The number of amides is 3. The van der Waals surface area contributed by atoms with Gasteiger partial charge in [0.15, 0.2) is 0 Å². The van der Waals surface area contributed by atoms with E-state index in [1.165, 1.54) is 4.90 Å². The molecule has 0 unspecified atom stereocenters. The fourth-order valence-electron chi connectivity index (χ4n) is 6.24. The number of fused-ring (bicyclic) bond motifs is 7. The van der Waals surface area contributed by atoms with Gasteiger partial charge >= 0.3 is 0 Å². The minimum atomic E-state index is -1.17. The van der Waals surface area contributed by atoms with Gasteiger partial charge in [-0.05, 0) is 62.2 Å². The number of hydrogen-bond donors (Lipinski definition) is 1. The summed E-state index contributed by atoms with van der Waals surface area (Å²) in [5.41, 5.74) is 1.58. The molecule has 0 saturated carbocycles. The lowest BCUT2D eigenvalue weighted by atomic mass is 9.75. The number of rotatable bonds is 1. The van der Waals surface area contributed by atoms with Crippen molar-refractivity contribution in [2.45, 2.75) is 31.3 Å². The standard InChI is InChI=1S/C23H19BrClN3O3/c1-11-15(25)9-8-14-19(11)26-22(31)23(14)18-17(16-3-2-10-27(16)23)20(29)28(21(18)30)13-6-4-12(24)5-7-13/h4-9,16-18H,2-3,10H2,1H3,(H,26,31)/t16-,17+,18-,23+/m0/s1. The number of anilines is 2. The Hall–Kier alpha value is -2.22. The Morgan fingerprint density at radius 2 is 1.84 bits per heavy atom. The van der Waals surface area contributed by atoms with Crippen molar-refractivity contribution >= 4 is 56.6 Å². The number of nitrogens with one attached hydrogen (secondary N) is 1. The predicted octanol–water partition coefficient (Wildman–Crippen LogP) is 3.84. The summed E-state index contributed by atoms with van der Waals surface area (Å²) in [6.07, 6.45) is 1.69. The van der Waals surface area contributed by atoms with Crippen LogP contribution in [0.15, 0.2) is 40.9 Å². The van der Waals surface area contributed by atoms with E-state index in [1.54, 1.807) is 18.2 Å². The SMILES string of the molecule is Cc1c(Cl)ccc2c1NC(=O)[C@]21[C@@H]2C(=O)N(c3ccc(Br)cc3)C(=O)[C@@H]2[C@@H]2CCCN21. The summed E-state index contributed by atoms with van der Waals surface area (Å²) >= 11 is 9.73. The molecule has 4 aliphatic heterocycles. The fourth-order valence-corrected chi connectivity index (χ4v) is 6.66. The van der Waals surface area contributed by atoms with Gasteiger partial charge in [0.1, 0.15) is 5.54 Å². The van der Waals surface area contributed by atoms with Crippen LogP contribution in [0.4, 0.5) is 11.4 Å². The van der Waals surface area contributed by atoms with Crippen LogP contribution >= 0.6 is 27.5 Å². The molecule has 0 aliphatic carbocycles. The third kappa shape index (κ3) is 2.24. The maximum absolute atomic E-state index is 13.8. The number of benzene rings is 2. The van der Waals surface area contributed by atoms with E-state index in [9.17, 15) is 14.4 Å². The average Bonchev–Trinajstić information content (AvgIpc) is 3.45. The molecule has 4 atom stereocenters. The second kappa shape index (κ2) is 6.40. The molecule has 0 aromatic heterocycles. The Labute approximate surface area is 192 Å². The molecule has 2 aromatic rings. The van der Waals surface area contributed by atoms with Crippen LogP contribution in [0.5, 0.6) is 0 Å². The Bertz CT molecular complexity index is 1180. The average molecular weight is 501 g/mol. The number of hydrogen-bond acceptors (Lipinski definition) is 4. The maximum atomic E-state index is 13.8. The van der Waals surface area contributed by atoms with Crippen LogP contribution in [0.2, 0.25) is 5.02 Å². The first-order valence-electron chi connectivity index (χ1n) is 10.4. The maximum Gasteiger partial charge on any atom is 0.250 e. The molecule has 1 spiro atoms. The smallest absolute Gasteiger partial charge is 0.250 e. The van der Waals surface area contributed by atoms with E-state index in [0.717, 1.165) is 28.4 Å². The zero-order valence-electron chi connectivity index (χ0n) is 16.7. The van der Waals surface area contributed by atoms with Gasteiger partial charge in [-0.3, -0.25) is 19.3 Å². The van der Waals surface area contributed by atoms with Gasteiger partial charge in [0, 0.05) is 21.1 Å². The van der Waals surface area contributed by atoms with Gasteiger partial charge in [-0.25, -0.2) is 4.90 Å². The summed E-state index contributed by atoms with van der Waals surface area (Å²) in [5, 5.41) is 3.57.